The van der Waals surface area contributed by atoms with Gasteiger partial charge in [-0.1, -0.05) is 0 Å². The van der Waals surface area contributed by atoms with Crippen LogP contribution in [0.3, 0.4) is 0 Å². The molecule has 2 N–H and O–H groups in total. The molecule has 0 bridgehead atoms. The summed E-state index contributed by atoms with van der Waals surface area (Å²) in [7, 11) is 3.44. The Morgan fingerprint density at radius 1 is 1.33 bits per heavy atom. The molecule has 1 aromatic rings. The van der Waals surface area contributed by atoms with Gasteiger partial charge in [-0.25, -0.2) is 0 Å². The number of nitrogens with zero attached hydrogens (tertiary/aromatic N) is 1. The van der Waals surface area contributed by atoms with E-state index in [4.69, 9.17) is 15.2 Å². The van der Waals surface area contributed by atoms with Gasteiger partial charge >= 0.3 is 0 Å². The van der Waals surface area contributed by atoms with Crippen molar-refractivity contribution in [3.8, 4) is 5.75 Å². The van der Waals surface area contributed by atoms with Crippen LogP contribution in [0.15, 0.2) is 18.2 Å². The number of ether oxygens (including phenoxy) is 2. The van der Waals surface area contributed by atoms with Crippen molar-refractivity contribution in [2.24, 2.45) is 5.92 Å². The highest BCUT2D eigenvalue weighted by Crippen LogP contribution is 2.29. The predicted molar refractivity (Wildman–Crippen MR) is 74.2 cm³/mol. The van der Waals surface area contributed by atoms with Crippen LogP contribution in [0, 0.1) is 5.92 Å². The molecular formula is C14H22N2O2. The topological polar surface area (TPSA) is 47.7 Å². The first-order chi connectivity index (χ1) is 8.72. The van der Waals surface area contributed by atoms with Crippen molar-refractivity contribution in [3.63, 3.8) is 0 Å². The fourth-order valence-electron chi connectivity index (χ4n) is 2.58. The molecule has 0 saturated carbocycles. The summed E-state index contributed by atoms with van der Waals surface area (Å²) in [5, 5.41) is 0. The fourth-order valence-corrected chi connectivity index (χ4v) is 2.58. The standard InChI is InChI=1S/C14H22N2O2/c1-17-10-11-4-3-5-16(9-11)13-6-12(15)7-14(8-13)18-2/h6-8,11H,3-5,9-10,15H2,1-2H3. The minimum Gasteiger partial charge on any atom is -0.497 e. The van der Waals surface area contributed by atoms with Crippen molar-refractivity contribution in [3.05, 3.63) is 18.2 Å². The van der Waals surface area contributed by atoms with E-state index in [0.717, 1.165) is 36.8 Å². The Bertz CT molecular complexity index is 393. The van der Waals surface area contributed by atoms with Gasteiger partial charge in [-0.3, -0.25) is 0 Å². The molecule has 0 amide bonds. The zero-order valence-corrected chi connectivity index (χ0v) is 11.2. The largest absolute Gasteiger partial charge is 0.497 e. The summed E-state index contributed by atoms with van der Waals surface area (Å²) < 4.78 is 10.5. The Morgan fingerprint density at radius 2 is 2.17 bits per heavy atom. The summed E-state index contributed by atoms with van der Waals surface area (Å²) >= 11 is 0. The van der Waals surface area contributed by atoms with Crippen LogP contribution in [0.2, 0.25) is 0 Å². The van der Waals surface area contributed by atoms with Crippen LogP contribution in [-0.4, -0.2) is 33.9 Å². The number of rotatable bonds is 4. The van der Waals surface area contributed by atoms with Crippen LogP contribution in [-0.2, 0) is 4.74 Å². The van der Waals surface area contributed by atoms with Gasteiger partial charge in [0.25, 0.3) is 0 Å². The Morgan fingerprint density at radius 3 is 2.89 bits per heavy atom. The number of benzene rings is 1. The van der Waals surface area contributed by atoms with Gasteiger partial charge < -0.3 is 20.1 Å². The lowest BCUT2D eigenvalue weighted by atomic mass is 9.98. The molecule has 0 aromatic heterocycles. The van der Waals surface area contributed by atoms with E-state index < -0.39 is 0 Å². The highest BCUT2D eigenvalue weighted by Gasteiger charge is 2.20. The highest BCUT2D eigenvalue weighted by molar-refractivity contribution is 5.60. The molecule has 4 heteroatoms. The van der Waals surface area contributed by atoms with Gasteiger partial charge in [0.2, 0.25) is 0 Å². The maximum Gasteiger partial charge on any atom is 0.122 e. The first-order valence-corrected chi connectivity index (χ1v) is 6.41. The van der Waals surface area contributed by atoms with E-state index in [9.17, 15) is 0 Å². The van der Waals surface area contributed by atoms with Crippen molar-refractivity contribution in [1.29, 1.82) is 0 Å². The third kappa shape index (κ3) is 3.07. The molecule has 1 heterocycles. The number of hydrogen-bond acceptors (Lipinski definition) is 4. The minimum absolute atomic E-state index is 0.608. The molecule has 0 aliphatic carbocycles. The summed E-state index contributed by atoms with van der Waals surface area (Å²) in [4.78, 5) is 2.37. The summed E-state index contributed by atoms with van der Waals surface area (Å²) in [6, 6.07) is 5.91. The zero-order chi connectivity index (χ0) is 13.0. The van der Waals surface area contributed by atoms with E-state index in [2.05, 4.69) is 4.90 Å². The van der Waals surface area contributed by atoms with Gasteiger partial charge in [-0.15, -0.1) is 0 Å². The van der Waals surface area contributed by atoms with E-state index >= 15 is 0 Å². The van der Waals surface area contributed by atoms with Crippen LogP contribution in [0.4, 0.5) is 11.4 Å². The lowest BCUT2D eigenvalue weighted by Crippen LogP contribution is -2.37. The normalized spacial score (nSPS) is 19.9. The summed E-state index contributed by atoms with van der Waals surface area (Å²) in [5.74, 6) is 1.43. The van der Waals surface area contributed by atoms with E-state index in [1.54, 1.807) is 14.2 Å². The van der Waals surface area contributed by atoms with Crippen LogP contribution in [0.5, 0.6) is 5.75 Å². The quantitative estimate of drug-likeness (QED) is 0.832. The highest BCUT2D eigenvalue weighted by atomic mass is 16.5. The molecule has 4 nitrogen and oxygen atoms in total. The first-order valence-electron chi connectivity index (χ1n) is 6.41. The summed E-state index contributed by atoms with van der Waals surface area (Å²) in [5.41, 5.74) is 7.80. The molecule has 18 heavy (non-hydrogen) atoms. The van der Waals surface area contributed by atoms with E-state index in [0.29, 0.717) is 5.92 Å². The van der Waals surface area contributed by atoms with Crippen LogP contribution < -0.4 is 15.4 Å². The molecule has 1 saturated heterocycles. The third-order valence-corrected chi connectivity index (χ3v) is 3.44. The van der Waals surface area contributed by atoms with E-state index in [1.165, 1.54) is 12.8 Å². The molecule has 1 atom stereocenters. The van der Waals surface area contributed by atoms with Crippen molar-refractivity contribution >= 4 is 11.4 Å². The maximum atomic E-state index is 5.90. The van der Waals surface area contributed by atoms with Crippen molar-refractivity contribution < 1.29 is 9.47 Å². The Kier molecular flexibility index (Phi) is 4.31. The second-order valence-electron chi connectivity index (χ2n) is 4.87. The Hall–Kier alpha value is -1.42. The average Bonchev–Trinajstić information content (AvgIpc) is 2.39. The SMILES string of the molecule is COCC1CCCN(c2cc(N)cc(OC)c2)C1. The number of anilines is 2. The molecule has 2 rings (SSSR count). The van der Waals surface area contributed by atoms with Gasteiger partial charge in [-0.05, 0) is 24.8 Å². The third-order valence-electron chi connectivity index (χ3n) is 3.44. The summed E-state index contributed by atoms with van der Waals surface area (Å²) in [6.07, 6.45) is 2.44. The number of nitrogen functional groups attached to an aromatic ring is 1. The molecule has 0 spiro atoms. The van der Waals surface area contributed by atoms with Gasteiger partial charge in [0, 0.05) is 43.7 Å². The van der Waals surface area contributed by atoms with Crippen LogP contribution in [0.1, 0.15) is 12.8 Å². The average molecular weight is 250 g/mol. The smallest absolute Gasteiger partial charge is 0.122 e. The lowest BCUT2D eigenvalue weighted by Gasteiger charge is -2.34. The minimum atomic E-state index is 0.608. The first kappa shape index (κ1) is 13.0. The zero-order valence-electron chi connectivity index (χ0n) is 11.2. The van der Waals surface area contributed by atoms with Gasteiger partial charge in [0.05, 0.1) is 13.7 Å². The molecule has 1 aliphatic heterocycles. The number of methoxy groups -OCH3 is 2. The monoisotopic (exact) mass is 250 g/mol. The second-order valence-corrected chi connectivity index (χ2v) is 4.87. The summed E-state index contributed by atoms with van der Waals surface area (Å²) in [6.45, 7) is 2.93. The maximum absolute atomic E-state index is 5.90. The predicted octanol–water partition coefficient (Wildman–Crippen LogP) is 2.14. The second kappa shape index (κ2) is 5.96. The fraction of sp³-hybridized carbons (Fsp3) is 0.571. The van der Waals surface area contributed by atoms with Crippen molar-refractivity contribution in [1.82, 2.24) is 0 Å². The molecule has 0 radical (unpaired) electrons. The van der Waals surface area contributed by atoms with Crippen molar-refractivity contribution in [2.45, 2.75) is 12.8 Å². The number of piperidine rings is 1. The molecule has 1 fully saturated rings. The van der Waals surface area contributed by atoms with Crippen LogP contribution >= 0.6 is 0 Å². The lowest BCUT2D eigenvalue weighted by molar-refractivity contribution is 0.143. The molecule has 1 aromatic carbocycles. The molecule has 100 valence electrons. The van der Waals surface area contributed by atoms with Gasteiger partial charge in [0.1, 0.15) is 5.75 Å². The Labute approximate surface area is 109 Å². The van der Waals surface area contributed by atoms with E-state index in [-0.39, 0.29) is 0 Å². The number of hydrogen-bond donors (Lipinski definition) is 1. The Balaban J connectivity index is 2.12. The van der Waals surface area contributed by atoms with Crippen LogP contribution in [0.25, 0.3) is 0 Å². The molecule has 1 unspecified atom stereocenters. The van der Waals surface area contributed by atoms with Gasteiger partial charge in [0.15, 0.2) is 0 Å². The number of nitrogens with two attached hydrogens (primary N) is 1. The van der Waals surface area contributed by atoms with E-state index in [1.807, 2.05) is 18.2 Å². The molecule has 1 aliphatic rings. The van der Waals surface area contributed by atoms with Gasteiger partial charge in [-0.2, -0.15) is 0 Å². The molecular weight excluding hydrogens is 228 g/mol. The van der Waals surface area contributed by atoms with Crippen molar-refractivity contribution in [2.75, 3.05) is 44.5 Å².